The van der Waals surface area contributed by atoms with Gasteiger partial charge in [-0.2, -0.15) is 0 Å². The summed E-state index contributed by atoms with van der Waals surface area (Å²) in [5.74, 6) is 0. The molecule has 1 N–H and O–H groups in total. The Morgan fingerprint density at radius 3 is 2.88 bits per heavy atom. The van der Waals surface area contributed by atoms with E-state index in [2.05, 4.69) is 60.5 Å². The highest BCUT2D eigenvalue weighted by molar-refractivity contribution is 9.11. The fourth-order valence-electron chi connectivity index (χ4n) is 1.25. The zero-order valence-electron chi connectivity index (χ0n) is 8.54. The van der Waals surface area contributed by atoms with Crippen LogP contribution < -0.4 is 5.32 Å². The van der Waals surface area contributed by atoms with Crippen molar-refractivity contribution in [1.29, 1.82) is 0 Å². The average molecular weight is 382 g/mol. The molecule has 1 atom stereocenters. The van der Waals surface area contributed by atoms with E-state index in [-0.39, 0.29) is 6.04 Å². The topological polar surface area (TPSA) is 24.9 Å². The Labute approximate surface area is 119 Å². The first-order valence-electron chi connectivity index (χ1n) is 4.72. The molecule has 0 bridgehead atoms. The highest BCUT2D eigenvalue weighted by atomic mass is 79.9. The van der Waals surface area contributed by atoms with Crippen LogP contribution in [0, 0.1) is 0 Å². The molecule has 86 valence electrons. The summed E-state index contributed by atoms with van der Waals surface area (Å²) < 4.78 is 2.23. The van der Waals surface area contributed by atoms with Crippen molar-refractivity contribution >= 4 is 54.5 Å². The number of rotatable bonds is 4. The van der Waals surface area contributed by atoms with Crippen molar-refractivity contribution in [1.82, 2.24) is 10.3 Å². The van der Waals surface area contributed by atoms with Crippen molar-refractivity contribution < 1.29 is 0 Å². The smallest absolute Gasteiger partial charge is 0.110 e. The van der Waals surface area contributed by atoms with Crippen molar-refractivity contribution in [3.05, 3.63) is 35.8 Å². The third-order valence-electron chi connectivity index (χ3n) is 2.07. The molecular formula is C10H10Br2N2S2. The first-order valence-corrected chi connectivity index (χ1v) is 8.01. The lowest BCUT2D eigenvalue weighted by Gasteiger charge is -2.09. The maximum atomic E-state index is 4.34. The Kier molecular flexibility index (Phi) is 4.55. The highest BCUT2D eigenvalue weighted by Gasteiger charge is 2.09. The molecule has 0 fully saturated rings. The Hall–Kier alpha value is 0.250. The number of hydrogen-bond donors (Lipinski definition) is 1. The Morgan fingerprint density at radius 1 is 1.50 bits per heavy atom. The van der Waals surface area contributed by atoms with Gasteiger partial charge in [0.2, 0.25) is 0 Å². The zero-order chi connectivity index (χ0) is 11.5. The van der Waals surface area contributed by atoms with E-state index in [1.165, 1.54) is 4.88 Å². The summed E-state index contributed by atoms with van der Waals surface area (Å²) in [6, 6.07) is 2.43. The second kappa shape index (κ2) is 5.73. The third kappa shape index (κ3) is 3.37. The standard InChI is InChI=1S/C10H10Br2N2S2/c1-6(10-14-4-9(12)16-10)13-3-8-2-7(11)5-15-8/h2,4-6,13H,3H2,1H3. The summed E-state index contributed by atoms with van der Waals surface area (Å²) in [6.07, 6.45) is 1.85. The monoisotopic (exact) mass is 380 g/mol. The van der Waals surface area contributed by atoms with Gasteiger partial charge in [-0.05, 0) is 44.8 Å². The number of nitrogens with zero attached hydrogens (tertiary/aromatic N) is 1. The van der Waals surface area contributed by atoms with Crippen LogP contribution in [0.3, 0.4) is 0 Å². The fraction of sp³-hybridized carbons (Fsp3) is 0.300. The summed E-state index contributed by atoms with van der Waals surface area (Å²) in [7, 11) is 0. The molecule has 0 spiro atoms. The molecular weight excluding hydrogens is 372 g/mol. The van der Waals surface area contributed by atoms with E-state index in [9.17, 15) is 0 Å². The van der Waals surface area contributed by atoms with E-state index in [0.29, 0.717) is 0 Å². The van der Waals surface area contributed by atoms with E-state index in [1.54, 1.807) is 22.7 Å². The molecule has 0 aliphatic rings. The van der Waals surface area contributed by atoms with Gasteiger partial charge in [0, 0.05) is 21.3 Å². The molecule has 16 heavy (non-hydrogen) atoms. The normalized spacial score (nSPS) is 12.9. The molecule has 2 aromatic rings. The number of aromatic nitrogens is 1. The minimum absolute atomic E-state index is 0.289. The van der Waals surface area contributed by atoms with Gasteiger partial charge in [0.05, 0.1) is 16.0 Å². The van der Waals surface area contributed by atoms with Gasteiger partial charge in [-0.3, -0.25) is 0 Å². The molecule has 0 radical (unpaired) electrons. The highest BCUT2D eigenvalue weighted by Crippen LogP contribution is 2.25. The maximum Gasteiger partial charge on any atom is 0.110 e. The molecule has 2 rings (SSSR count). The van der Waals surface area contributed by atoms with Crippen LogP contribution in [0.5, 0.6) is 0 Å². The van der Waals surface area contributed by atoms with Gasteiger partial charge < -0.3 is 5.32 Å². The molecule has 0 aromatic carbocycles. The second-order valence-electron chi connectivity index (χ2n) is 3.34. The predicted octanol–water partition coefficient (Wildman–Crippen LogP) is 4.58. The molecule has 1 unspecified atom stereocenters. The largest absolute Gasteiger partial charge is 0.303 e. The van der Waals surface area contributed by atoms with Crippen LogP contribution in [0.25, 0.3) is 0 Å². The van der Waals surface area contributed by atoms with Crippen LogP contribution in [0.15, 0.2) is 25.9 Å². The Bertz CT molecular complexity index is 467. The number of halogens is 2. The maximum absolute atomic E-state index is 4.34. The van der Waals surface area contributed by atoms with Crippen LogP contribution in [0.1, 0.15) is 22.9 Å². The minimum Gasteiger partial charge on any atom is -0.303 e. The van der Waals surface area contributed by atoms with E-state index in [4.69, 9.17) is 0 Å². The molecule has 6 heteroatoms. The predicted molar refractivity (Wildman–Crippen MR) is 77.1 cm³/mol. The minimum atomic E-state index is 0.289. The Morgan fingerprint density at radius 2 is 2.31 bits per heavy atom. The van der Waals surface area contributed by atoms with Crippen LogP contribution in [0.2, 0.25) is 0 Å². The first kappa shape index (κ1) is 12.7. The lowest BCUT2D eigenvalue weighted by molar-refractivity contribution is 0.576. The molecule has 2 nitrogen and oxygen atoms in total. The van der Waals surface area contributed by atoms with Crippen molar-refractivity contribution in [3.8, 4) is 0 Å². The van der Waals surface area contributed by atoms with E-state index in [1.807, 2.05) is 6.20 Å². The molecule has 0 amide bonds. The quantitative estimate of drug-likeness (QED) is 0.838. The summed E-state index contributed by atoms with van der Waals surface area (Å²) in [6.45, 7) is 3.02. The number of thiophene rings is 1. The fourth-order valence-corrected chi connectivity index (χ4v) is 3.93. The molecule has 0 aliphatic heterocycles. The molecule has 2 aromatic heterocycles. The SMILES string of the molecule is CC(NCc1cc(Br)cs1)c1ncc(Br)s1. The van der Waals surface area contributed by atoms with Gasteiger partial charge in [0.25, 0.3) is 0 Å². The van der Waals surface area contributed by atoms with E-state index >= 15 is 0 Å². The number of thiazole rings is 1. The molecule has 0 saturated heterocycles. The summed E-state index contributed by atoms with van der Waals surface area (Å²) in [4.78, 5) is 5.66. The van der Waals surface area contributed by atoms with Gasteiger partial charge in [-0.15, -0.1) is 22.7 Å². The zero-order valence-corrected chi connectivity index (χ0v) is 13.3. The summed E-state index contributed by atoms with van der Waals surface area (Å²) >= 11 is 10.3. The van der Waals surface area contributed by atoms with Crippen LogP contribution in [-0.4, -0.2) is 4.98 Å². The van der Waals surface area contributed by atoms with Crippen molar-refractivity contribution in [2.45, 2.75) is 19.5 Å². The summed E-state index contributed by atoms with van der Waals surface area (Å²) in [5, 5.41) is 6.67. The molecule has 0 aliphatic carbocycles. The van der Waals surface area contributed by atoms with Crippen molar-refractivity contribution in [2.24, 2.45) is 0 Å². The lowest BCUT2D eigenvalue weighted by atomic mass is 10.3. The molecule has 0 saturated carbocycles. The molecule has 2 heterocycles. The van der Waals surface area contributed by atoms with Gasteiger partial charge >= 0.3 is 0 Å². The lowest BCUT2D eigenvalue weighted by Crippen LogP contribution is -2.17. The van der Waals surface area contributed by atoms with Crippen LogP contribution in [0.4, 0.5) is 0 Å². The van der Waals surface area contributed by atoms with Crippen molar-refractivity contribution in [3.63, 3.8) is 0 Å². The van der Waals surface area contributed by atoms with Crippen LogP contribution >= 0.6 is 54.5 Å². The Balaban J connectivity index is 1.91. The van der Waals surface area contributed by atoms with Gasteiger partial charge in [-0.1, -0.05) is 0 Å². The van der Waals surface area contributed by atoms with Gasteiger partial charge in [-0.25, -0.2) is 4.98 Å². The summed E-state index contributed by atoms with van der Waals surface area (Å²) in [5.41, 5.74) is 0. The second-order valence-corrected chi connectivity index (χ2v) is 7.69. The number of hydrogen-bond acceptors (Lipinski definition) is 4. The van der Waals surface area contributed by atoms with Gasteiger partial charge in [0.1, 0.15) is 5.01 Å². The number of nitrogens with one attached hydrogen (secondary N) is 1. The van der Waals surface area contributed by atoms with Gasteiger partial charge in [0.15, 0.2) is 0 Å². The third-order valence-corrected chi connectivity index (χ3v) is 5.43. The van der Waals surface area contributed by atoms with Crippen LogP contribution in [-0.2, 0) is 6.54 Å². The van der Waals surface area contributed by atoms with Crippen molar-refractivity contribution in [2.75, 3.05) is 0 Å². The van der Waals surface area contributed by atoms with E-state index < -0.39 is 0 Å². The average Bonchev–Trinajstić information content (AvgIpc) is 2.84. The first-order chi connectivity index (χ1) is 7.65. The van der Waals surface area contributed by atoms with E-state index in [0.717, 1.165) is 19.8 Å².